The average Bonchev–Trinajstić information content (AvgIpc) is 3.31. The zero-order valence-corrected chi connectivity index (χ0v) is 21.2. The fourth-order valence-electron chi connectivity index (χ4n) is 5.00. The lowest BCUT2D eigenvalue weighted by Gasteiger charge is -2.51. The van der Waals surface area contributed by atoms with E-state index in [2.05, 4.69) is 24.7 Å². The minimum atomic E-state index is -1.42. The molecule has 5 aliphatic heterocycles. The number of aliphatic carboxylic acids is 1. The number of carboxylic acid groups (broad SMARTS) is 1. The van der Waals surface area contributed by atoms with Crippen LogP contribution in [0.5, 0.6) is 0 Å². The number of carboxylic acids is 1. The van der Waals surface area contributed by atoms with Crippen LogP contribution in [0.15, 0.2) is 28.6 Å². The highest BCUT2D eigenvalue weighted by Crippen LogP contribution is 2.40. The summed E-state index contributed by atoms with van der Waals surface area (Å²) in [5.41, 5.74) is 5.75. The van der Waals surface area contributed by atoms with Gasteiger partial charge in [0.15, 0.2) is 5.13 Å². The fourth-order valence-corrected chi connectivity index (χ4v) is 6.75. The summed E-state index contributed by atoms with van der Waals surface area (Å²) < 4.78 is 4.97. The van der Waals surface area contributed by atoms with Crippen molar-refractivity contribution >= 4 is 51.9 Å². The smallest absolute Gasteiger partial charge is 0.278 e. The SMILES string of the molecule is CO/N=C(\C(=O)N[C@@H]1C(=O)N2C(C(=O)[O-])=C(/C=C/C[N+]34CCN(CC3)CC4)CS[C@H]12)c1nsc(N)n1. The fraction of sp³-hybridized carbons (Fsp3) is 0.524. The molecule has 3 N–H and O–H groups in total. The molecule has 0 unspecified atom stereocenters. The summed E-state index contributed by atoms with van der Waals surface area (Å²) in [5.74, 6) is -2.34. The molecule has 0 aliphatic carbocycles. The molecule has 4 fully saturated rings. The second kappa shape index (κ2) is 9.80. The second-order valence-corrected chi connectivity index (χ2v) is 10.9. The lowest BCUT2D eigenvalue weighted by molar-refractivity contribution is -0.935. The third-order valence-corrected chi connectivity index (χ3v) is 8.86. The van der Waals surface area contributed by atoms with Crippen molar-refractivity contribution in [1.82, 2.24) is 24.5 Å². The van der Waals surface area contributed by atoms with Gasteiger partial charge in [0.1, 0.15) is 18.5 Å². The number of anilines is 1. The Kier molecular flexibility index (Phi) is 6.72. The van der Waals surface area contributed by atoms with E-state index in [1.165, 1.54) is 23.8 Å². The van der Waals surface area contributed by atoms with Crippen LogP contribution in [-0.2, 0) is 19.2 Å². The first-order valence-electron chi connectivity index (χ1n) is 11.5. The van der Waals surface area contributed by atoms with Crippen molar-refractivity contribution in [2.24, 2.45) is 5.16 Å². The van der Waals surface area contributed by atoms with Crippen molar-refractivity contribution in [3.05, 3.63) is 29.2 Å². The first-order valence-corrected chi connectivity index (χ1v) is 13.3. The molecule has 0 aromatic carbocycles. The first kappa shape index (κ1) is 24.7. The summed E-state index contributed by atoms with van der Waals surface area (Å²) in [4.78, 5) is 50.1. The van der Waals surface area contributed by atoms with Crippen LogP contribution < -0.4 is 16.2 Å². The molecular formula is C21H26N8O5S2. The van der Waals surface area contributed by atoms with E-state index in [0.29, 0.717) is 11.3 Å². The molecule has 36 heavy (non-hydrogen) atoms. The minimum absolute atomic E-state index is 0.0268. The van der Waals surface area contributed by atoms with Gasteiger partial charge >= 0.3 is 0 Å². The van der Waals surface area contributed by atoms with Crippen molar-refractivity contribution in [2.75, 3.05) is 64.4 Å². The molecule has 1 aromatic heterocycles. The Bertz CT molecular complexity index is 1160. The van der Waals surface area contributed by atoms with Gasteiger partial charge in [-0.3, -0.25) is 19.4 Å². The van der Waals surface area contributed by atoms with Crippen LogP contribution >= 0.6 is 23.3 Å². The minimum Gasteiger partial charge on any atom is -0.543 e. The molecule has 192 valence electrons. The van der Waals surface area contributed by atoms with E-state index >= 15 is 0 Å². The Balaban J connectivity index is 1.29. The van der Waals surface area contributed by atoms with Crippen molar-refractivity contribution in [1.29, 1.82) is 0 Å². The number of rotatable bonds is 8. The van der Waals surface area contributed by atoms with Gasteiger partial charge in [0.25, 0.3) is 11.8 Å². The van der Waals surface area contributed by atoms with Crippen LogP contribution in [-0.4, -0.2) is 117 Å². The van der Waals surface area contributed by atoms with Gasteiger partial charge in [-0.25, -0.2) is 0 Å². The monoisotopic (exact) mass is 534 g/mol. The Hall–Kier alpha value is -3.01. The maximum absolute atomic E-state index is 13.0. The topological polar surface area (TPSA) is 166 Å². The number of fused-ring (bicyclic) bond motifs is 4. The quantitative estimate of drug-likeness (QED) is 0.159. The molecule has 4 saturated heterocycles. The van der Waals surface area contributed by atoms with Crippen molar-refractivity contribution in [3.63, 3.8) is 0 Å². The van der Waals surface area contributed by atoms with Crippen molar-refractivity contribution in [3.8, 4) is 0 Å². The molecule has 0 saturated carbocycles. The number of quaternary nitrogens is 1. The highest BCUT2D eigenvalue weighted by Gasteiger charge is 2.53. The number of amides is 2. The first-order chi connectivity index (χ1) is 17.3. The molecule has 6 heterocycles. The number of nitrogens with zero attached hydrogens (tertiary/aromatic N) is 6. The molecular weight excluding hydrogens is 508 g/mol. The molecule has 1 aromatic rings. The Morgan fingerprint density at radius 1 is 1.33 bits per heavy atom. The van der Waals surface area contributed by atoms with Crippen LogP contribution in [0.4, 0.5) is 5.13 Å². The van der Waals surface area contributed by atoms with Gasteiger partial charge in [0.05, 0.1) is 37.8 Å². The maximum Gasteiger partial charge on any atom is 0.278 e. The van der Waals surface area contributed by atoms with Crippen molar-refractivity contribution < 1.29 is 28.8 Å². The Morgan fingerprint density at radius 3 is 2.67 bits per heavy atom. The standard InChI is InChI=1S/C21H26N8O5S2/c1-34-25-13(16-24-21(22)36-26-16)17(30)23-14-18(31)28-15(20(32)33)12(11-35-19(14)28)3-2-7-29-8-4-27(5-9-29)6-10-29/h2-3,14,19H,4-11H2,1H3,(H3-,22,23,24,26,30,32,33)/b3-2+,25-13-/t14-,19-/m1/s1. The predicted molar refractivity (Wildman–Crippen MR) is 130 cm³/mol. The molecule has 13 nitrogen and oxygen atoms in total. The summed E-state index contributed by atoms with van der Waals surface area (Å²) >= 11 is 2.27. The van der Waals surface area contributed by atoms with Crippen molar-refractivity contribution in [2.45, 2.75) is 11.4 Å². The summed E-state index contributed by atoms with van der Waals surface area (Å²) in [6.45, 7) is 7.39. The lowest BCUT2D eigenvalue weighted by Crippen LogP contribution is -2.71. The highest BCUT2D eigenvalue weighted by atomic mass is 32.2. The van der Waals surface area contributed by atoms with Gasteiger partial charge in [-0.2, -0.15) is 9.36 Å². The van der Waals surface area contributed by atoms with E-state index in [0.717, 1.165) is 61.8 Å². The lowest BCUT2D eigenvalue weighted by atomic mass is 10.0. The molecule has 0 radical (unpaired) electrons. The van der Waals surface area contributed by atoms with Crippen LogP contribution in [0, 0.1) is 0 Å². The number of nitrogens with two attached hydrogens (primary N) is 1. The molecule has 2 atom stereocenters. The van der Waals surface area contributed by atoms with E-state index in [4.69, 9.17) is 10.6 Å². The van der Waals surface area contributed by atoms with Crippen LogP contribution in [0.25, 0.3) is 0 Å². The third kappa shape index (κ3) is 4.47. The predicted octanol–water partition coefficient (Wildman–Crippen LogP) is -2.42. The number of oxime groups is 1. The zero-order valence-electron chi connectivity index (χ0n) is 19.6. The molecule has 2 amide bonds. The third-order valence-electron chi connectivity index (χ3n) is 7.01. The number of thioether (sulfide) groups is 1. The molecule has 5 aliphatic rings. The molecule has 2 bridgehead atoms. The number of nitrogens with one attached hydrogen (secondary N) is 1. The van der Waals surface area contributed by atoms with Gasteiger partial charge in [-0.15, -0.1) is 11.8 Å². The molecule has 6 rings (SSSR count). The number of carbonyl (C=O) groups excluding carboxylic acids is 3. The largest absolute Gasteiger partial charge is 0.543 e. The maximum atomic E-state index is 13.0. The van der Waals surface area contributed by atoms with Gasteiger partial charge in [-0.1, -0.05) is 11.2 Å². The number of aromatic nitrogens is 2. The van der Waals surface area contributed by atoms with Gasteiger partial charge in [0.2, 0.25) is 11.5 Å². The number of hydrogen-bond donors (Lipinski definition) is 2. The van der Waals surface area contributed by atoms with E-state index in [1.807, 2.05) is 12.2 Å². The van der Waals surface area contributed by atoms with Gasteiger partial charge in [-0.05, 0) is 11.6 Å². The van der Waals surface area contributed by atoms with E-state index in [1.54, 1.807) is 0 Å². The van der Waals surface area contributed by atoms with Gasteiger partial charge in [0, 0.05) is 36.9 Å². The van der Waals surface area contributed by atoms with Crippen LogP contribution in [0.1, 0.15) is 5.82 Å². The molecule has 0 spiro atoms. The summed E-state index contributed by atoms with van der Waals surface area (Å²) in [7, 11) is 1.26. The summed E-state index contributed by atoms with van der Waals surface area (Å²) in [5, 5.41) is 17.9. The normalized spacial score (nSPS) is 29.8. The number of carbonyl (C=O) groups is 3. The number of β-lactam (4-membered cyclic amide) rings is 1. The average molecular weight is 535 g/mol. The summed E-state index contributed by atoms with van der Waals surface area (Å²) in [6.07, 6.45) is 3.83. The summed E-state index contributed by atoms with van der Waals surface area (Å²) in [6, 6.07) is -0.941. The van der Waals surface area contributed by atoms with E-state index < -0.39 is 29.2 Å². The second-order valence-electron chi connectivity index (χ2n) is 9.04. The number of nitrogen functional groups attached to an aromatic ring is 1. The number of piperazine rings is 3. The van der Waals surface area contributed by atoms with E-state index in [9.17, 15) is 19.5 Å². The number of hydrogen-bond acceptors (Lipinski definition) is 12. The van der Waals surface area contributed by atoms with Crippen LogP contribution in [0.2, 0.25) is 0 Å². The zero-order chi connectivity index (χ0) is 25.4. The Labute approximate surface area is 215 Å². The molecule has 15 heteroatoms. The van der Waals surface area contributed by atoms with Crippen LogP contribution in [0.3, 0.4) is 0 Å². The van der Waals surface area contributed by atoms with E-state index in [-0.39, 0.29) is 22.4 Å². The van der Waals surface area contributed by atoms with Gasteiger partial charge < -0.3 is 30.3 Å². The Morgan fingerprint density at radius 2 is 2.06 bits per heavy atom. The highest BCUT2D eigenvalue weighted by molar-refractivity contribution is 8.00. The number of allylic oxidation sites excluding steroid dienone is 1.